The Morgan fingerprint density at radius 1 is 1.50 bits per heavy atom. The second-order valence-corrected chi connectivity index (χ2v) is 5.08. The van der Waals surface area contributed by atoms with E-state index in [1.807, 2.05) is 4.90 Å². The summed E-state index contributed by atoms with van der Waals surface area (Å²) < 4.78 is 13.9. The minimum atomic E-state index is -0.621. The van der Waals surface area contributed by atoms with E-state index in [0.717, 1.165) is 0 Å². The van der Waals surface area contributed by atoms with Crippen LogP contribution in [-0.4, -0.2) is 55.9 Å². The van der Waals surface area contributed by atoms with Crippen molar-refractivity contribution in [2.45, 2.75) is 12.6 Å². The van der Waals surface area contributed by atoms with E-state index in [4.69, 9.17) is 5.11 Å². The summed E-state index contributed by atoms with van der Waals surface area (Å²) in [6, 6.07) is 0. The first-order chi connectivity index (χ1) is 9.60. The van der Waals surface area contributed by atoms with Gasteiger partial charge in [0.1, 0.15) is 11.0 Å². The number of fused-ring (bicyclic) bond motifs is 1. The number of hydrogen-bond donors (Lipinski definition) is 4. The van der Waals surface area contributed by atoms with Crippen LogP contribution in [0.25, 0.3) is 11.0 Å². The Morgan fingerprint density at radius 2 is 2.30 bits per heavy atom. The molecule has 7 nitrogen and oxygen atoms in total. The molecule has 2 aromatic heterocycles. The lowest BCUT2D eigenvalue weighted by Gasteiger charge is -2.14. The number of aromatic amines is 2. The van der Waals surface area contributed by atoms with Crippen LogP contribution in [0.5, 0.6) is 0 Å². The molecule has 0 aliphatic carbocycles. The third-order valence-electron chi connectivity index (χ3n) is 3.74. The summed E-state index contributed by atoms with van der Waals surface area (Å²) in [6.45, 7) is 0.968. The van der Waals surface area contributed by atoms with Gasteiger partial charge in [-0.25, -0.2) is 4.98 Å². The van der Waals surface area contributed by atoms with E-state index in [-0.39, 0.29) is 24.6 Å². The van der Waals surface area contributed by atoms with Crippen LogP contribution < -0.4 is 5.56 Å². The zero-order chi connectivity index (χ0) is 14.3. The SMILES string of the molecule is O=c1[nH]cnc2c(CN3C[C@@H](CO)[C@H](O)C3)c(F)[nH]c12. The first kappa shape index (κ1) is 13.2. The predicted molar refractivity (Wildman–Crippen MR) is 68.5 cm³/mol. The van der Waals surface area contributed by atoms with Crippen molar-refractivity contribution >= 4 is 11.0 Å². The summed E-state index contributed by atoms with van der Waals surface area (Å²) in [5, 5.41) is 18.9. The molecule has 0 unspecified atom stereocenters. The third-order valence-corrected chi connectivity index (χ3v) is 3.74. The van der Waals surface area contributed by atoms with E-state index in [2.05, 4.69) is 15.0 Å². The van der Waals surface area contributed by atoms with Gasteiger partial charge < -0.3 is 20.2 Å². The second kappa shape index (κ2) is 4.97. The summed E-state index contributed by atoms with van der Waals surface area (Å²) in [4.78, 5) is 22.2. The van der Waals surface area contributed by atoms with Crippen molar-refractivity contribution in [1.82, 2.24) is 19.9 Å². The number of aliphatic hydroxyl groups is 2. The molecular formula is C12H15FN4O3. The van der Waals surface area contributed by atoms with Crippen molar-refractivity contribution in [2.75, 3.05) is 19.7 Å². The second-order valence-electron chi connectivity index (χ2n) is 5.08. The van der Waals surface area contributed by atoms with Crippen LogP contribution in [0.4, 0.5) is 4.39 Å². The molecule has 0 saturated carbocycles. The molecule has 1 aliphatic heterocycles. The Bertz CT molecular complexity index is 683. The number of hydrogen-bond acceptors (Lipinski definition) is 5. The van der Waals surface area contributed by atoms with Crippen LogP contribution in [-0.2, 0) is 6.54 Å². The molecule has 108 valence electrons. The van der Waals surface area contributed by atoms with Crippen LogP contribution in [0.1, 0.15) is 5.56 Å². The Morgan fingerprint density at radius 3 is 3.00 bits per heavy atom. The molecule has 0 radical (unpaired) electrons. The predicted octanol–water partition coefficient (Wildman–Crippen LogP) is -0.825. The van der Waals surface area contributed by atoms with Crippen LogP contribution in [0.15, 0.2) is 11.1 Å². The van der Waals surface area contributed by atoms with Gasteiger partial charge in [-0.1, -0.05) is 0 Å². The molecule has 4 N–H and O–H groups in total. The molecule has 8 heteroatoms. The lowest BCUT2D eigenvalue weighted by Crippen LogP contribution is -2.22. The number of nitrogens with one attached hydrogen (secondary N) is 2. The number of likely N-dealkylation sites (tertiary alicyclic amines) is 1. The number of H-pyrrole nitrogens is 2. The summed E-state index contributed by atoms with van der Waals surface area (Å²) in [5.41, 5.74) is 0.290. The minimum absolute atomic E-state index is 0.105. The van der Waals surface area contributed by atoms with Crippen molar-refractivity contribution in [1.29, 1.82) is 0 Å². The summed E-state index contributed by atoms with van der Waals surface area (Å²) in [5.74, 6) is -0.814. The zero-order valence-electron chi connectivity index (χ0n) is 10.6. The van der Waals surface area contributed by atoms with Crippen molar-refractivity contribution in [2.24, 2.45) is 5.92 Å². The van der Waals surface area contributed by atoms with E-state index in [9.17, 15) is 14.3 Å². The Labute approximate surface area is 113 Å². The molecule has 1 aliphatic rings. The summed E-state index contributed by atoms with van der Waals surface area (Å²) >= 11 is 0. The van der Waals surface area contributed by atoms with Gasteiger partial charge in [0.15, 0.2) is 5.95 Å². The molecule has 0 bridgehead atoms. The fourth-order valence-corrected chi connectivity index (χ4v) is 2.65. The first-order valence-corrected chi connectivity index (χ1v) is 6.35. The molecular weight excluding hydrogens is 267 g/mol. The number of rotatable bonds is 3. The zero-order valence-corrected chi connectivity index (χ0v) is 10.6. The quantitative estimate of drug-likeness (QED) is 0.588. The molecule has 3 rings (SSSR count). The van der Waals surface area contributed by atoms with Crippen molar-refractivity contribution in [3.63, 3.8) is 0 Å². The fourth-order valence-electron chi connectivity index (χ4n) is 2.65. The smallest absolute Gasteiger partial charge is 0.275 e. The van der Waals surface area contributed by atoms with E-state index < -0.39 is 17.6 Å². The highest BCUT2D eigenvalue weighted by atomic mass is 19.1. The maximum absolute atomic E-state index is 13.9. The third kappa shape index (κ3) is 2.11. The Balaban J connectivity index is 1.90. The van der Waals surface area contributed by atoms with Gasteiger partial charge in [-0.05, 0) is 0 Å². The molecule has 20 heavy (non-hydrogen) atoms. The number of halogens is 1. The van der Waals surface area contributed by atoms with Crippen LogP contribution in [0.3, 0.4) is 0 Å². The number of β-amino-alcohol motifs (C(OH)–C–C–N with tert-alkyl or cyclic N) is 1. The van der Waals surface area contributed by atoms with Gasteiger partial charge in [-0.2, -0.15) is 4.39 Å². The maximum Gasteiger partial charge on any atom is 0.275 e. The largest absolute Gasteiger partial charge is 0.396 e. The molecule has 2 aromatic rings. The maximum atomic E-state index is 13.9. The fraction of sp³-hybridized carbons (Fsp3) is 0.500. The molecule has 1 fully saturated rings. The van der Waals surface area contributed by atoms with Crippen molar-refractivity contribution in [3.05, 3.63) is 28.2 Å². The Hall–Kier alpha value is -1.77. The molecule has 3 heterocycles. The van der Waals surface area contributed by atoms with E-state index in [0.29, 0.717) is 24.2 Å². The number of nitrogens with zero attached hydrogens (tertiary/aromatic N) is 2. The van der Waals surface area contributed by atoms with Gasteiger partial charge >= 0.3 is 0 Å². The highest BCUT2D eigenvalue weighted by Gasteiger charge is 2.31. The van der Waals surface area contributed by atoms with Crippen LogP contribution in [0.2, 0.25) is 0 Å². The number of aromatic nitrogens is 3. The topological polar surface area (TPSA) is 105 Å². The average Bonchev–Trinajstić information content (AvgIpc) is 2.93. The first-order valence-electron chi connectivity index (χ1n) is 6.35. The van der Waals surface area contributed by atoms with Gasteiger partial charge in [-0.15, -0.1) is 0 Å². The lowest BCUT2D eigenvalue weighted by molar-refractivity contribution is 0.103. The Kier molecular flexibility index (Phi) is 3.28. The standard InChI is InChI=1S/C12H15FN4O3/c13-11-7(2-17-1-6(4-18)8(19)3-17)9-10(16-11)12(20)15-5-14-9/h5-6,8,16,18-19H,1-4H2,(H,14,15,20)/t6-,8+/m0/s1. The van der Waals surface area contributed by atoms with Gasteiger partial charge in [0.25, 0.3) is 5.56 Å². The molecule has 0 aromatic carbocycles. The monoisotopic (exact) mass is 282 g/mol. The molecule has 2 atom stereocenters. The van der Waals surface area contributed by atoms with Gasteiger partial charge in [0.05, 0.1) is 12.4 Å². The van der Waals surface area contributed by atoms with Crippen LogP contribution >= 0.6 is 0 Å². The average molecular weight is 282 g/mol. The minimum Gasteiger partial charge on any atom is -0.396 e. The van der Waals surface area contributed by atoms with E-state index in [1.54, 1.807) is 0 Å². The van der Waals surface area contributed by atoms with E-state index >= 15 is 0 Å². The van der Waals surface area contributed by atoms with Gasteiger partial charge in [0, 0.05) is 37.7 Å². The summed E-state index contributed by atoms with van der Waals surface area (Å²) in [7, 11) is 0. The normalized spacial score (nSPS) is 23.8. The van der Waals surface area contributed by atoms with E-state index in [1.165, 1.54) is 6.33 Å². The van der Waals surface area contributed by atoms with Crippen molar-refractivity contribution in [3.8, 4) is 0 Å². The molecule has 0 amide bonds. The molecule has 0 spiro atoms. The lowest BCUT2D eigenvalue weighted by atomic mass is 10.1. The highest BCUT2D eigenvalue weighted by molar-refractivity contribution is 5.77. The van der Waals surface area contributed by atoms with Gasteiger partial charge in [0.2, 0.25) is 0 Å². The summed E-state index contributed by atoms with van der Waals surface area (Å²) in [6.07, 6.45) is 0.612. The van der Waals surface area contributed by atoms with Crippen molar-refractivity contribution < 1.29 is 14.6 Å². The molecule has 1 saturated heterocycles. The number of aliphatic hydroxyl groups excluding tert-OH is 2. The highest BCUT2D eigenvalue weighted by Crippen LogP contribution is 2.23. The van der Waals surface area contributed by atoms with Gasteiger partial charge in [-0.3, -0.25) is 9.69 Å². The van der Waals surface area contributed by atoms with Crippen LogP contribution in [0, 0.1) is 11.9 Å².